The van der Waals surface area contributed by atoms with E-state index in [0.29, 0.717) is 0 Å². The molecule has 0 radical (unpaired) electrons. The summed E-state index contributed by atoms with van der Waals surface area (Å²) in [4.78, 5) is 9.14. The normalized spacial score (nSPS) is 12.0. The summed E-state index contributed by atoms with van der Waals surface area (Å²) in [6.07, 6.45) is 3.74. The first kappa shape index (κ1) is 19.0. The fourth-order valence-corrected chi connectivity index (χ4v) is 2.69. The van der Waals surface area contributed by atoms with Gasteiger partial charge in [-0.25, -0.2) is 0 Å². The van der Waals surface area contributed by atoms with Crippen molar-refractivity contribution in [1.82, 2.24) is 15.6 Å². The van der Waals surface area contributed by atoms with Crippen LogP contribution in [0.25, 0.3) is 0 Å². The molecule has 2 rings (SSSR count). The summed E-state index contributed by atoms with van der Waals surface area (Å²) in [6, 6.07) is 16.6. The highest BCUT2D eigenvalue weighted by Gasteiger charge is 2.18. The van der Waals surface area contributed by atoms with Crippen LogP contribution in [0.5, 0.6) is 0 Å². The van der Waals surface area contributed by atoms with Crippen LogP contribution in [0.3, 0.4) is 0 Å². The first-order valence-corrected chi connectivity index (χ1v) is 9.05. The van der Waals surface area contributed by atoms with Crippen LogP contribution in [0.4, 0.5) is 0 Å². The number of rotatable bonds is 8. The third-order valence-electron chi connectivity index (χ3n) is 3.93. The maximum atomic E-state index is 4.79. The second kappa shape index (κ2) is 9.82. The maximum Gasteiger partial charge on any atom is 0.191 e. The van der Waals surface area contributed by atoms with E-state index >= 15 is 0 Å². The molecule has 0 aliphatic heterocycles. The fourth-order valence-electron chi connectivity index (χ4n) is 2.69. The molecule has 4 heteroatoms. The van der Waals surface area contributed by atoms with E-state index in [1.54, 1.807) is 0 Å². The van der Waals surface area contributed by atoms with Gasteiger partial charge in [0.1, 0.15) is 0 Å². The average molecular weight is 338 g/mol. The van der Waals surface area contributed by atoms with Crippen molar-refractivity contribution in [3.05, 3.63) is 66.0 Å². The smallest absolute Gasteiger partial charge is 0.191 e. The van der Waals surface area contributed by atoms with Gasteiger partial charge in [0.2, 0.25) is 0 Å². The molecule has 25 heavy (non-hydrogen) atoms. The molecule has 0 unspecified atom stereocenters. The fraction of sp³-hybridized carbons (Fsp3) is 0.429. The molecule has 2 N–H and O–H groups in total. The summed E-state index contributed by atoms with van der Waals surface area (Å²) in [7, 11) is 0. The van der Waals surface area contributed by atoms with E-state index in [1.165, 1.54) is 5.56 Å². The van der Waals surface area contributed by atoms with Crippen molar-refractivity contribution < 1.29 is 0 Å². The summed E-state index contributed by atoms with van der Waals surface area (Å²) >= 11 is 0. The summed E-state index contributed by atoms with van der Waals surface area (Å²) < 4.78 is 0. The van der Waals surface area contributed by atoms with E-state index in [4.69, 9.17) is 4.99 Å². The second-order valence-corrected chi connectivity index (χ2v) is 7.02. The number of guanidine groups is 1. The maximum absolute atomic E-state index is 4.79. The van der Waals surface area contributed by atoms with Gasteiger partial charge in [-0.2, -0.15) is 0 Å². The molecular weight excluding hydrogens is 308 g/mol. The van der Waals surface area contributed by atoms with Crippen LogP contribution in [0.2, 0.25) is 0 Å². The lowest BCUT2D eigenvalue weighted by Crippen LogP contribution is -2.39. The number of hydrogen-bond donors (Lipinski definition) is 2. The Morgan fingerprint density at radius 1 is 1.04 bits per heavy atom. The monoisotopic (exact) mass is 338 g/mol. The number of nitrogens with one attached hydrogen (secondary N) is 2. The lowest BCUT2D eigenvalue weighted by Gasteiger charge is -2.23. The summed E-state index contributed by atoms with van der Waals surface area (Å²) in [6.45, 7) is 9.07. The number of pyridine rings is 1. The summed E-state index contributed by atoms with van der Waals surface area (Å²) in [5, 5.41) is 6.73. The van der Waals surface area contributed by atoms with Gasteiger partial charge in [0.15, 0.2) is 5.96 Å². The van der Waals surface area contributed by atoms with E-state index < -0.39 is 0 Å². The van der Waals surface area contributed by atoms with Crippen LogP contribution in [0.1, 0.15) is 32.0 Å². The third-order valence-corrected chi connectivity index (χ3v) is 3.93. The Hall–Kier alpha value is -2.36. The zero-order valence-electron chi connectivity index (χ0n) is 15.6. The Bertz CT molecular complexity index is 635. The van der Waals surface area contributed by atoms with Gasteiger partial charge in [-0.15, -0.1) is 0 Å². The van der Waals surface area contributed by atoms with Crippen LogP contribution in [0.15, 0.2) is 59.7 Å². The van der Waals surface area contributed by atoms with E-state index in [0.717, 1.165) is 44.1 Å². The van der Waals surface area contributed by atoms with E-state index in [9.17, 15) is 0 Å². The van der Waals surface area contributed by atoms with Gasteiger partial charge < -0.3 is 10.6 Å². The van der Waals surface area contributed by atoms with Gasteiger partial charge in [-0.3, -0.25) is 9.98 Å². The zero-order valence-corrected chi connectivity index (χ0v) is 15.6. The molecule has 0 spiro atoms. The van der Waals surface area contributed by atoms with Crippen LogP contribution in [0, 0.1) is 5.41 Å². The molecular formula is C21H30N4. The molecule has 0 atom stereocenters. The molecule has 0 saturated carbocycles. The van der Waals surface area contributed by atoms with Crippen molar-refractivity contribution in [2.75, 3.05) is 19.6 Å². The van der Waals surface area contributed by atoms with Crippen molar-refractivity contribution in [1.29, 1.82) is 0 Å². The number of aromatic nitrogens is 1. The quantitative estimate of drug-likeness (QED) is 0.572. The molecule has 0 saturated heterocycles. The predicted molar refractivity (Wildman–Crippen MR) is 106 cm³/mol. The van der Waals surface area contributed by atoms with E-state index in [-0.39, 0.29) is 5.41 Å². The van der Waals surface area contributed by atoms with Crippen molar-refractivity contribution in [3.63, 3.8) is 0 Å². The van der Waals surface area contributed by atoms with Crippen molar-refractivity contribution in [3.8, 4) is 0 Å². The molecule has 0 fully saturated rings. The van der Waals surface area contributed by atoms with Gasteiger partial charge in [-0.1, -0.05) is 50.2 Å². The highest BCUT2D eigenvalue weighted by molar-refractivity contribution is 5.79. The van der Waals surface area contributed by atoms with Crippen molar-refractivity contribution in [2.24, 2.45) is 10.4 Å². The Morgan fingerprint density at radius 2 is 1.80 bits per heavy atom. The number of hydrogen-bond acceptors (Lipinski definition) is 2. The molecule has 0 aliphatic rings. The highest BCUT2D eigenvalue weighted by Crippen LogP contribution is 2.22. The van der Waals surface area contributed by atoms with Gasteiger partial charge in [0.05, 0.1) is 0 Å². The minimum atomic E-state index is 0.116. The Kier molecular flexibility index (Phi) is 7.45. The molecule has 0 amide bonds. The van der Waals surface area contributed by atoms with Crippen LogP contribution in [-0.2, 0) is 12.8 Å². The topological polar surface area (TPSA) is 49.3 Å². The second-order valence-electron chi connectivity index (χ2n) is 7.02. The van der Waals surface area contributed by atoms with E-state index in [1.807, 2.05) is 18.3 Å². The van der Waals surface area contributed by atoms with Crippen LogP contribution >= 0.6 is 0 Å². The number of aliphatic imine (C=N–C) groups is 1. The van der Waals surface area contributed by atoms with Gasteiger partial charge in [0.25, 0.3) is 0 Å². The van der Waals surface area contributed by atoms with Gasteiger partial charge >= 0.3 is 0 Å². The summed E-state index contributed by atoms with van der Waals surface area (Å²) in [5.41, 5.74) is 2.57. The molecule has 1 heterocycles. The van der Waals surface area contributed by atoms with Crippen molar-refractivity contribution >= 4 is 5.96 Å². The largest absolute Gasteiger partial charge is 0.357 e. The molecule has 2 aromatic rings. The van der Waals surface area contributed by atoms with Gasteiger partial charge in [0, 0.05) is 37.9 Å². The van der Waals surface area contributed by atoms with Gasteiger partial charge in [-0.05, 0) is 36.5 Å². The molecule has 4 nitrogen and oxygen atoms in total. The average Bonchev–Trinajstić information content (AvgIpc) is 2.61. The van der Waals surface area contributed by atoms with Crippen LogP contribution < -0.4 is 10.6 Å². The van der Waals surface area contributed by atoms with Crippen LogP contribution in [-0.4, -0.2) is 30.6 Å². The van der Waals surface area contributed by atoms with E-state index in [2.05, 4.69) is 72.8 Å². The molecule has 0 bridgehead atoms. The number of nitrogens with zero attached hydrogens (tertiary/aromatic N) is 2. The number of benzene rings is 1. The SMILES string of the molecule is CCNC(=NCC(C)(C)Cc1ccccc1)NCCc1ccccn1. The lowest BCUT2D eigenvalue weighted by molar-refractivity contribution is 0.377. The minimum Gasteiger partial charge on any atom is -0.357 e. The Morgan fingerprint density at radius 3 is 2.48 bits per heavy atom. The predicted octanol–water partition coefficient (Wildman–Crippen LogP) is 3.45. The summed E-state index contributed by atoms with van der Waals surface area (Å²) in [5.74, 6) is 0.875. The standard InChI is InChI=1S/C21H30N4/c1-4-22-20(24-15-13-19-12-8-9-14-23-19)25-17-21(2,3)16-18-10-6-5-7-11-18/h5-12,14H,4,13,15-17H2,1-3H3,(H2,22,24,25). The molecule has 1 aromatic heterocycles. The lowest BCUT2D eigenvalue weighted by atomic mass is 9.86. The first-order valence-electron chi connectivity index (χ1n) is 9.05. The molecule has 1 aromatic carbocycles. The third kappa shape index (κ3) is 7.38. The zero-order chi connectivity index (χ0) is 18.0. The van der Waals surface area contributed by atoms with Crippen molar-refractivity contribution in [2.45, 2.75) is 33.6 Å². The molecule has 0 aliphatic carbocycles. The Labute approximate surface area is 151 Å². The highest BCUT2D eigenvalue weighted by atomic mass is 15.2. The first-order chi connectivity index (χ1) is 12.1. The minimum absolute atomic E-state index is 0.116. The molecule has 134 valence electrons. The Balaban J connectivity index is 1.87.